The van der Waals surface area contributed by atoms with Crippen LogP contribution in [0.5, 0.6) is 11.5 Å². The third-order valence-electron chi connectivity index (χ3n) is 9.97. The van der Waals surface area contributed by atoms with Crippen LogP contribution in [0.3, 0.4) is 0 Å². The standard InChI is InChI=1S/C38H45NO13/c1-17-11-10-12-18(2)37(47)39-24-15-25(42)27-28(32(24)45)31(44)22(6)35-29(27)36(46)38(8,52-35)50-14-13-26(48-9)19(3)34(51-23(7)41)21(5)30(43)20(4)33(17)49-16-40/h10-17,19-21,26,30,33-34,43-44H,1-9H3,(H,39,47)/t17-,19+,20+,21-,26+,30-,33-,34-,38-/m0/s1. The Morgan fingerprint density at radius 2 is 1.63 bits per heavy atom. The Hall–Kier alpha value is -5.08. The fourth-order valence-electron chi connectivity index (χ4n) is 6.92. The van der Waals surface area contributed by atoms with Crippen molar-refractivity contribution in [2.24, 2.45) is 23.7 Å². The number of benzene rings is 1. The van der Waals surface area contributed by atoms with Crippen molar-refractivity contribution in [1.29, 1.82) is 0 Å². The molecule has 3 aliphatic heterocycles. The molecule has 0 radical (unpaired) electrons. The van der Waals surface area contributed by atoms with Crippen molar-refractivity contribution in [3.05, 3.63) is 70.2 Å². The largest absolute Gasteiger partial charge is 0.507 e. The first-order chi connectivity index (χ1) is 24.4. The Kier molecular flexibility index (Phi) is 12.0. The van der Waals surface area contributed by atoms with E-state index in [0.29, 0.717) is 0 Å². The minimum absolute atomic E-state index is 0.000707. The van der Waals surface area contributed by atoms with Gasteiger partial charge in [-0.05, 0) is 19.9 Å². The maximum atomic E-state index is 13.9. The summed E-state index contributed by atoms with van der Waals surface area (Å²) in [5, 5.41) is 25.1. The minimum Gasteiger partial charge on any atom is -0.507 e. The number of carbonyl (C=O) groups excluding carboxylic acids is 6. The molecule has 14 nitrogen and oxygen atoms in total. The van der Waals surface area contributed by atoms with Gasteiger partial charge in [0.1, 0.15) is 23.7 Å². The molecule has 1 aliphatic carbocycles. The van der Waals surface area contributed by atoms with Crippen molar-refractivity contribution >= 4 is 35.7 Å². The summed E-state index contributed by atoms with van der Waals surface area (Å²) in [4.78, 5) is 78.1. The molecular formula is C38H45NO13. The van der Waals surface area contributed by atoms with Gasteiger partial charge in [-0.15, -0.1) is 0 Å². The molecule has 52 heavy (non-hydrogen) atoms. The molecule has 0 saturated carbocycles. The average Bonchev–Trinajstić information content (AvgIpc) is 3.36. The molecule has 0 saturated heterocycles. The van der Waals surface area contributed by atoms with Gasteiger partial charge in [0, 0.05) is 61.8 Å². The molecule has 3 heterocycles. The number of rotatable bonds is 4. The zero-order chi connectivity index (χ0) is 38.8. The minimum atomic E-state index is -2.05. The number of amides is 1. The molecule has 280 valence electrons. The zero-order valence-corrected chi connectivity index (χ0v) is 30.5. The maximum absolute atomic E-state index is 13.9. The lowest BCUT2D eigenvalue weighted by atomic mass is 9.78. The van der Waals surface area contributed by atoms with E-state index >= 15 is 0 Å². The van der Waals surface area contributed by atoms with Crippen LogP contribution in [0.15, 0.2) is 47.9 Å². The molecule has 4 aliphatic rings. The average molecular weight is 724 g/mol. The van der Waals surface area contributed by atoms with Gasteiger partial charge in [0.05, 0.1) is 40.9 Å². The van der Waals surface area contributed by atoms with Gasteiger partial charge in [0.25, 0.3) is 18.2 Å². The third kappa shape index (κ3) is 7.44. The Morgan fingerprint density at radius 3 is 2.25 bits per heavy atom. The van der Waals surface area contributed by atoms with E-state index in [2.05, 4.69) is 5.32 Å². The van der Waals surface area contributed by atoms with E-state index in [9.17, 15) is 39.0 Å². The molecule has 1 aromatic carbocycles. The number of allylic oxidation sites excluding steroid dienone is 4. The van der Waals surface area contributed by atoms with E-state index in [-0.39, 0.29) is 34.5 Å². The second kappa shape index (κ2) is 15.7. The van der Waals surface area contributed by atoms with E-state index in [1.807, 2.05) is 0 Å². The molecule has 9 atom stereocenters. The van der Waals surface area contributed by atoms with E-state index < -0.39 is 100 Å². The molecule has 0 fully saturated rings. The van der Waals surface area contributed by atoms with Gasteiger partial charge in [0.2, 0.25) is 5.78 Å². The van der Waals surface area contributed by atoms with Crippen molar-refractivity contribution in [2.45, 2.75) is 85.6 Å². The number of methoxy groups -OCH3 is 1. The Morgan fingerprint density at radius 1 is 0.981 bits per heavy atom. The highest BCUT2D eigenvalue weighted by Crippen LogP contribution is 2.48. The number of ether oxygens (including phenoxy) is 5. The molecule has 0 unspecified atom stereocenters. The highest BCUT2D eigenvalue weighted by molar-refractivity contribution is 6.30. The summed E-state index contributed by atoms with van der Waals surface area (Å²) in [7, 11) is 1.41. The lowest BCUT2D eigenvalue weighted by Gasteiger charge is -2.38. The van der Waals surface area contributed by atoms with E-state index in [1.54, 1.807) is 39.8 Å². The summed E-state index contributed by atoms with van der Waals surface area (Å²) in [5.74, 6) is -9.14. The maximum Gasteiger partial charge on any atom is 0.312 e. The first kappa shape index (κ1) is 39.7. The smallest absolute Gasteiger partial charge is 0.312 e. The Bertz CT molecular complexity index is 1790. The second-order valence-corrected chi connectivity index (χ2v) is 13.6. The number of aliphatic hydroxyl groups is 1. The van der Waals surface area contributed by atoms with Crippen LogP contribution in [-0.2, 0) is 33.3 Å². The summed E-state index contributed by atoms with van der Waals surface area (Å²) < 4.78 is 28.6. The van der Waals surface area contributed by atoms with Gasteiger partial charge >= 0.3 is 11.8 Å². The van der Waals surface area contributed by atoms with E-state index in [1.165, 1.54) is 47.0 Å². The van der Waals surface area contributed by atoms with Crippen LogP contribution in [0.25, 0.3) is 0 Å². The molecule has 14 heteroatoms. The number of aromatic hydroxyl groups is 1. The van der Waals surface area contributed by atoms with Gasteiger partial charge in [-0.1, -0.05) is 45.9 Å². The van der Waals surface area contributed by atoms with Crippen LogP contribution in [0.1, 0.15) is 85.1 Å². The predicted molar refractivity (Wildman–Crippen MR) is 184 cm³/mol. The third-order valence-corrected chi connectivity index (χ3v) is 9.97. The summed E-state index contributed by atoms with van der Waals surface area (Å²) in [6.07, 6.45) is 4.40. The van der Waals surface area contributed by atoms with Gasteiger partial charge < -0.3 is 39.2 Å². The van der Waals surface area contributed by atoms with Gasteiger partial charge in [-0.3, -0.25) is 28.8 Å². The monoisotopic (exact) mass is 723 g/mol. The van der Waals surface area contributed by atoms with Crippen LogP contribution < -0.4 is 10.1 Å². The first-order valence-corrected chi connectivity index (χ1v) is 16.8. The molecule has 1 amide bonds. The van der Waals surface area contributed by atoms with Crippen LogP contribution in [0, 0.1) is 30.6 Å². The number of Topliss-reactive ketones (excluding diaryl/α,β-unsaturated/α-hetero) is 2. The number of phenols is 1. The summed E-state index contributed by atoms with van der Waals surface area (Å²) in [5.41, 5.74) is -1.39. The quantitative estimate of drug-likeness (QED) is 0.299. The van der Waals surface area contributed by atoms with Crippen LogP contribution in [-0.4, -0.2) is 83.2 Å². The molecule has 5 bridgehead atoms. The van der Waals surface area contributed by atoms with Crippen LogP contribution >= 0.6 is 0 Å². The molecule has 3 N–H and O–H groups in total. The fraction of sp³-hybridized carbons (Fsp3) is 0.474. The number of hydrogen-bond donors (Lipinski definition) is 3. The lowest BCUT2D eigenvalue weighted by Crippen LogP contribution is -2.47. The zero-order valence-electron chi connectivity index (χ0n) is 30.5. The van der Waals surface area contributed by atoms with Crippen LogP contribution in [0.4, 0.5) is 0 Å². The van der Waals surface area contributed by atoms with Crippen molar-refractivity contribution in [1.82, 2.24) is 5.32 Å². The highest BCUT2D eigenvalue weighted by atomic mass is 16.7. The Labute approximate surface area is 301 Å². The molecule has 5 rings (SSSR count). The van der Waals surface area contributed by atoms with Gasteiger partial charge in [0.15, 0.2) is 5.78 Å². The predicted octanol–water partition coefficient (Wildman–Crippen LogP) is 3.81. The van der Waals surface area contributed by atoms with Crippen molar-refractivity contribution in [3.63, 3.8) is 0 Å². The highest BCUT2D eigenvalue weighted by Gasteiger charge is 2.51. The molecule has 0 spiro atoms. The second-order valence-electron chi connectivity index (χ2n) is 13.6. The van der Waals surface area contributed by atoms with Crippen molar-refractivity contribution in [2.75, 3.05) is 7.11 Å². The lowest BCUT2D eigenvalue weighted by molar-refractivity contribution is -0.162. The Balaban J connectivity index is 1.85. The number of aliphatic hydroxyl groups excluding tert-OH is 1. The summed E-state index contributed by atoms with van der Waals surface area (Å²) in [6.45, 7) is 12.6. The van der Waals surface area contributed by atoms with Gasteiger partial charge in [-0.2, -0.15) is 0 Å². The summed E-state index contributed by atoms with van der Waals surface area (Å²) in [6, 6.07) is 0. The van der Waals surface area contributed by atoms with Crippen LogP contribution in [0.2, 0.25) is 0 Å². The van der Waals surface area contributed by atoms with Crippen molar-refractivity contribution in [3.8, 4) is 11.5 Å². The number of hydrogen-bond acceptors (Lipinski definition) is 13. The van der Waals surface area contributed by atoms with Crippen molar-refractivity contribution < 1.29 is 62.7 Å². The normalized spacial score (nSPS) is 31.2. The molecule has 0 aromatic heterocycles. The molecule has 1 aromatic rings. The number of phenolic OH excluding ortho intramolecular Hbond substituents is 1. The summed E-state index contributed by atoms with van der Waals surface area (Å²) >= 11 is 0. The number of ketones is 3. The van der Waals surface area contributed by atoms with E-state index in [4.69, 9.17) is 23.7 Å². The molecular weight excluding hydrogens is 678 g/mol. The number of esters is 1. The SMILES string of the molecule is CO[C@@H]1C=CO[C@@]2(C)Oc3c(C)c(O)c4c(c3C2=O)C(=O)C=C(NC(=O)C(C)=CC=C[C@H](C)[C@H](OC=O)[C@H](C)[C@H](O)[C@H](C)[C@@H](OC(C)=O)[C@@H]1C)C4=O. The van der Waals surface area contributed by atoms with Gasteiger partial charge in [-0.25, -0.2) is 0 Å². The fourth-order valence-corrected chi connectivity index (χ4v) is 6.92. The number of fused-ring (bicyclic) bond motifs is 14. The number of carbonyl (C=O) groups is 6. The van der Waals surface area contributed by atoms with E-state index in [0.717, 1.165) is 12.3 Å². The topological polar surface area (TPSA) is 201 Å². The number of nitrogens with one attached hydrogen (secondary N) is 1. The first-order valence-electron chi connectivity index (χ1n) is 16.8.